The molecule has 0 spiro atoms. The first-order chi connectivity index (χ1) is 15.0. The van der Waals surface area contributed by atoms with E-state index in [4.69, 9.17) is 5.89 Å². The van der Waals surface area contributed by atoms with Crippen LogP contribution in [0.4, 0.5) is 5.69 Å². The summed E-state index contributed by atoms with van der Waals surface area (Å²) in [6.45, 7) is 4.25. The molecule has 1 aliphatic heterocycles. The van der Waals surface area contributed by atoms with E-state index in [2.05, 4.69) is 56.2 Å². The number of anilines is 1. The summed E-state index contributed by atoms with van der Waals surface area (Å²) in [5.41, 5.74) is 2.82. The van der Waals surface area contributed by atoms with Gasteiger partial charge >= 0.3 is 0 Å². The van der Waals surface area contributed by atoms with Crippen molar-refractivity contribution >= 4 is 16.9 Å². The van der Waals surface area contributed by atoms with Crippen molar-refractivity contribution in [1.29, 1.82) is 0 Å². The second-order valence-electron chi connectivity index (χ2n) is 8.26. The zero-order valence-electron chi connectivity index (χ0n) is 17.7. The van der Waals surface area contributed by atoms with Crippen molar-refractivity contribution in [1.82, 2.24) is 29.2 Å². The maximum Gasteiger partial charge on any atom is 0.280 e. The molecule has 0 bridgehead atoms. The second-order valence-corrected chi connectivity index (χ2v) is 8.26. The van der Waals surface area contributed by atoms with Gasteiger partial charge in [0.15, 0.2) is 17.0 Å². The summed E-state index contributed by atoms with van der Waals surface area (Å²) in [6.07, 6.45) is 1.41. The monoisotopic (exact) mass is 404 g/mol. The highest BCUT2D eigenvalue weighted by Crippen LogP contribution is 2.57. The molecule has 0 N–H and O–H groups in total. The minimum absolute atomic E-state index is 0.00240. The number of hydrogen-bond acceptors (Lipinski definition) is 7. The Morgan fingerprint density at radius 1 is 1.27 bits per heavy atom. The van der Waals surface area contributed by atoms with Crippen molar-refractivity contribution < 1.29 is 5.89 Å². The minimum atomic E-state index is -0.282. The van der Waals surface area contributed by atoms with E-state index >= 15 is 0 Å². The van der Waals surface area contributed by atoms with Crippen LogP contribution in [0, 0.1) is 18.8 Å². The van der Waals surface area contributed by atoms with E-state index in [1.54, 1.807) is 7.05 Å². The van der Waals surface area contributed by atoms with Crippen LogP contribution < -0.4 is 10.5 Å². The van der Waals surface area contributed by atoms with Gasteiger partial charge in [0.25, 0.3) is 5.56 Å². The molecule has 9 heteroatoms. The zero-order valence-corrected chi connectivity index (χ0v) is 16.7. The first-order valence-electron chi connectivity index (χ1n) is 10.5. The lowest BCUT2D eigenvalue weighted by atomic mass is 10.2. The van der Waals surface area contributed by atoms with Crippen molar-refractivity contribution in [2.75, 3.05) is 18.0 Å². The van der Waals surface area contributed by atoms with Gasteiger partial charge < -0.3 is 14.0 Å². The topological polar surface area (TPSA) is 94.9 Å². The fraction of sp³-hybridized carbons (Fsp3) is 0.381. The number of piperidine rings is 1. The predicted molar refractivity (Wildman–Crippen MR) is 109 cm³/mol. The molecule has 2 fully saturated rings. The Morgan fingerprint density at radius 3 is 2.90 bits per heavy atom. The van der Waals surface area contributed by atoms with Gasteiger partial charge in [0.05, 0.1) is 6.30 Å². The summed E-state index contributed by atoms with van der Waals surface area (Å²) >= 11 is 0. The molecular formula is C21H21N7O2. The van der Waals surface area contributed by atoms with Gasteiger partial charge in [-0.3, -0.25) is 9.36 Å². The number of hydrogen-bond donors (Lipinski definition) is 0. The first-order valence-corrected chi connectivity index (χ1v) is 10.0. The first kappa shape index (κ1) is 16.3. The lowest BCUT2D eigenvalue weighted by Crippen LogP contribution is -2.24. The Hall–Kier alpha value is -3.49. The van der Waals surface area contributed by atoms with Crippen molar-refractivity contribution in [3.63, 3.8) is 0 Å². The van der Waals surface area contributed by atoms with Gasteiger partial charge in [-0.05, 0) is 36.5 Å². The number of rotatable bonds is 4. The van der Waals surface area contributed by atoms with E-state index in [9.17, 15) is 4.79 Å². The minimum Gasteiger partial charge on any atom is -0.371 e. The number of aryl methyl sites for hydroxylation is 2. The molecule has 0 amide bonds. The van der Waals surface area contributed by atoms with Gasteiger partial charge in [0.2, 0.25) is 5.89 Å². The van der Waals surface area contributed by atoms with Crippen molar-refractivity contribution in [3.8, 4) is 0 Å². The number of aromatic nitrogens is 6. The van der Waals surface area contributed by atoms with Crippen molar-refractivity contribution in [2.24, 2.45) is 18.9 Å². The normalized spacial score (nSPS) is 23.1. The van der Waals surface area contributed by atoms with Crippen LogP contribution in [0.2, 0.25) is 0 Å². The summed E-state index contributed by atoms with van der Waals surface area (Å²) < 4.78 is 16.0. The van der Waals surface area contributed by atoms with E-state index < -0.39 is 0 Å². The maximum atomic E-state index is 12.8. The van der Waals surface area contributed by atoms with E-state index in [1.165, 1.54) is 26.7 Å². The Balaban J connectivity index is 1.18. The van der Waals surface area contributed by atoms with Crippen LogP contribution in [0.15, 0.2) is 46.2 Å². The van der Waals surface area contributed by atoms with E-state index in [-0.39, 0.29) is 24.1 Å². The summed E-state index contributed by atoms with van der Waals surface area (Å²) in [4.78, 5) is 27.9. The van der Waals surface area contributed by atoms with Gasteiger partial charge in [-0.25, -0.2) is 9.97 Å². The smallest absolute Gasteiger partial charge is 0.280 e. The largest absolute Gasteiger partial charge is 0.371 e. The third-order valence-electron chi connectivity index (χ3n) is 6.28. The van der Waals surface area contributed by atoms with E-state index in [0.29, 0.717) is 29.2 Å². The Bertz CT molecular complexity index is 1360. The fourth-order valence-corrected chi connectivity index (χ4v) is 4.69. The highest BCUT2D eigenvalue weighted by Gasteiger charge is 2.58. The summed E-state index contributed by atoms with van der Waals surface area (Å²) in [6, 6.07) is 8.60. The number of fused-ring (bicyclic) bond motifs is 2. The van der Waals surface area contributed by atoms with Crippen molar-refractivity contribution in [3.05, 3.63) is 64.5 Å². The summed E-state index contributed by atoms with van der Waals surface area (Å²) in [5, 5.41) is 4.19. The van der Waals surface area contributed by atoms with Gasteiger partial charge in [0.1, 0.15) is 14.2 Å². The number of imidazole rings is 1. The van der Waals surface area contributed by atoms with Crippen LogP contribution >= 0.6 is 0 Å². The zero-order chi connectivity index (χ0) is 21.3. The number of nitrogens with zero attached hydrogens (tertiary/aromatic N) is 7. The highest BCUT2D eigenvalue weighted by molar-refractivity contribution is 5.68. The molecule has 1 aliphatic carbocycles. The van der Waals surface area contributed by atoms with Crippen LogP contribution in [0.5, 0.6) is 0 Å². The molecule has 3 atom stereocenters. The lowest BCUT2D eigenvalue weighted by Gasteiger charge is -2.21. The van der Waals surface area contributed by atoms with Crippen LogP contribution in [0.1, 0.15) is 24.6 Å². The molecule has 6 rings (SSSR count). The molecule has 1 aromatic carbocycles. The Labute approximate surface area is 173 Å². The summed E-state index contributed by atoms with van der Waals surface area (Å²) in [7, 11) is 1.63. The lowest BCUT2D eigenvalue weighted by molar-refractivity contribution is 0.363. The molecule has 9 nitrogen and oxygen atoms in total. The van der Waals surface area contributed by atoms with Crippen LogP contribution in [0.3, 0.4) is 0 Å². The molecule has 2 aliphatic rings. The average molecular weight is 404 g/mol. The third kappa shape index (κ3) is 2.65. The Morgan fingerprint density at radius 2 is 2.10 bits per heavy atom. The number of benzene rings is 1. The third-order valence-corrected chi connectivity index (χ3v) is 6.28. The predicted octanol–water partition coefficient (Wildman–Crippen LogP) is 1.72. The van der Waals surface area contributed by atoms with E-state index in [1.807, 2.05) is 0 Å². The van der Waals surface area contributed by atoms with Gasteiger partial charge in [0, 0.05) is 31.7 Å². The fourth-order valence-electron chi connectivity index (χ4n) is 4.69. The molecule has 30 heavy (non-hydrogen) atoms. The van der Waals surface area contributed by atoms with Crippen LogP contribution in [-0.2, 0) is 13.6 Å². The van der Waals surface area contributed by atoms with Crippen LogP contribution in [-0.4, -0.2) is 42.3 Å². The van der Waals surface area contributed by atoms with E-state index in [0.717, 1.165) is 18.9 Å². The second kappa shape index (κ2) is 6.25. The molecule has 1 saturated heterocycles. The molecular weight excluding hydrogens is 382 g/mol. The molecule has 152 valence electrons. The van der Waals surface area contributed by atoms with Crippen molar-refractivity contribution in [2.45, 2.75) is 19.4 Å². The van der Waals surface area contributed by atoms with Gasteiger partial charge in [-0.15, -0.1) is 0 Å². The standard InChI is InChI=1S/C21H21N7O2/c1-12-4-3-5-13(6-12)27-7-14-15(8-27)17(14)19-24-16(30-25-19)9-28-11-23-20-18(21(28)29)26(2)10-22-20/h3-6,10-11,14-15,17H,7-9H2,1-2H3/t14-,15+,17?/i10D. The summed E-state index contributed by atoms with van der Waals surface area (Å²) in [5.74, 6) is 2.50. The SMILES string of the molecule is [2H]c1nc2ncn(Cc3nc(C4[C@H]5CN(c6cccc(C)c6)C[C@@H]45)no3)c(=O)c2n1C. The molecule has 0 radical (unpaired) electrons. The molecule has 3 aromatic heterocycles. The molecule has 1 saturated carbocycles. The average Bonchev–Trinajstić information content (AvgIpc) is 3.12. The van der Waals surface area contributed by atoms with Gasteiger partial charge in [-0.2, -0.15) is 4.98 Å². The van der Waals surface area contributed by atoms with Gasteiger partial charge in [-0.1, -0.05) is 17.3 Å². The quantitative estimate of drug-likeness (QED) is 0.511. The molecule has 1 unspecified atom stereocenters. The highest BCUT2D eigenvalue weighted by atomic mass is 16.5. The Kier molecular flexibility index (Phi) is 3.40. The maximum absolute atomic E-state index is 12.8. The molecule has 4 aromatic rings. The van der Waals surface area contributed by atoms with Crippen LogP contribution in [0.25, 0.3) is 11.2 Å². The molecule has 4 heterocycles.